The Morgan fingerprint density at radius 1 is 1.14 bits per heavy atom. The summed E-state index contributed by atoms with van der Waals surface area (Å²) in [4.78, 5) is 11.7. The molecule has 1 amide bonds. The molecule has 3 N–H and O–H groups in total. The third-order valence-electron chi connectivity index (χ3n) is 4.03. The normalized spacial score (nSPS) is 25.8. The Kier molecular flexibility index (Phi) is 9.63. The van der Waals surface area contributed by atoms with E-state index in [9.17, 15) is 15.0 Å². The molecule has 5 heteroatoms. The summed E-state index contributed by atoms with van der Waals surface area (Å²) in [6.45, 7) is 2.90. The summed E-state index contributed by atoms with van der Waals surface area (Å²) in [5, 5.41) is 22.1. The van der Waals surface area contributed by atoms with Crippen LogP contribution >= 0.6 is 0 Å². The van der Waals surface area contributed by atoms with Crippen LogP contribution in [0.1, 0.15) is 64.7 Å². The highest BCUT2D eigenvalue weighted by molar-refractivity contribution is 5.75. The van der Waals surface area contributed by atoms with Gasteiger partial charge in [-0.3, -0.25) is 4.79 Å². The van der Waals surface area contributed by atoms with Crippen molar-refractivity contribution >= 4 is 5.91 Å². The van der Waals surface area contributed by atoms with Gasteiger partial charge in [0.1, 0.15) is 12.2 Å². The van der Waals surface area contributed by atoms with Crippen molar-refractivity contribution < 1.29 is 19.7 Å². The summed E-state index contributed by atoms with van der Waals surface area (Å²) in [5.41, 5.74) is 0. The first-order chi connectivity index (χ1) is 10.1. The minimum absolute atomic E-state index is 0.000536. The van der Waals surface area contributed by atoms with Crippen LogP contribution in [0.5, 0.6) is 0 Å². The molecule has 1 heterocycles. The molecule has 124 valence electrons. The lowest BCUT2D eigenvalue weighted by atomic mass is 10.0. The summed E-state index contributed by atoms with van der Waals surface area (Å²) in [6, 6.07) is 0. The van der Waals surface area contributed by atoms with Crippen molar-refractivity contribution in [3.8, 4) is 0 Å². The number of rotatable bonds is 10. The number of ether oxygens (including phenoxy) is 1. The van der Waals surface area contributed by atoms with Crippen LogP contribution in [0.3, 0.4) is 0 Å². The van der Waals surface area contributed by atoms with E-state index in [0.717, 1.165) is 12.8 Å². The van der Waals surface area contributed by atoms with Gasteiger partial charge in [-0.1, -0.05) is 45.4 Å². The lowest BCUT2D eigenvalue weighted by molar-refractivity contribution is -0.137. The Morgan fingerprint density at radius 3 is 2.52 bits per heavy atom. The molecule has 0 saturated carbocycles. The van der Waals surface area contributed by atoms with Gasteiger partial charge < -0.3 is 20.3 Å². The molecular weight excluding hydrogens is 270 g/mol. The van der Waals surface area contributed by atoms with E-state index in [1.807, 2.05) is 0 Å². The number of hydrogen-bond acceptors (Lipinski definition) is 4. The van der Waals surface area contributed by atoms with Gasteiger partial charge in [-0.05, 0) is 12.8 Å². The largest absolute Gasteiger partial charge is 0.390 e. The van der Waals surface area contributed by atoms with Crippen molar-refractivity contribution in [3.05, 3.63) is 0 Å². The second-order valence-corrected chi connectivity index (χ2v) is 5.93. The minimum Gasteiger partial charge on any atom is -0.390 e. The van der Waals surface area contributed by atoms with Gasteiger partial charge in [0.25, 0.3) is 0 Å². The number of nitrogens with one attached hydrogen (secondary N) is 1. The fourth-order valence-corrected chi connectivity index (χ4v) is 2.58. The molecule has 0 aliphatic carbocycles. The Morgan fingerprint density at radius 2 is 1.81 bits per heavy atom. The number of hydrogen-bond donors (Lipinski definition) is 3. The van der Waals surface area contributed by atoms with Crippen LogP contribution in [0.4, 0.5) is 0 Å². The lowest BCUT2D eigenvalue weighted by Gasteiger charge is -2.32. The van der Waals surface area contributed by atoms with Crippen LogP contribution < -0.4 is 5.32 Å². The van der Waals surface area contributed by atoms with Crippen LogP contribution in [0.25, 0.3) is 0 Å². The fraction of sp³-hybridized carbons (Fsp3) is 0.938. The first-order valence-electron chi connectivity index (χ1n) is 8.39. The first kappa shape index (κ1) is 18.4. The summed E-state index contributed by atoms with van der Waals surface area (Å²) >= 11 is 0. The number of aliphatic hydroxyl groups is 2. The number of carbonyl (C=O) groups excluding carboxylic acids is 1. The molecule has 1 saturated heterocycles. The number of amides is 1. The predicted molar refractivity (Wildman–Crippen MR) is 82.0 cm³/mol. The fourth-order valence-electron chi connectivity index (χ4n) is 2.58. The second kappa shape index (κ2) is 11.0. The monoisotopic (exact) mass is 301 g/mol. The van der Waals surface area contributed by atoms with Gasteiger partial charge in [0.05, 0.1) is 6.10 Å². The number of aliphatic hydroxyl groups excluding tert-OH is 2. The van der Waals surface area contributed by atoms with Crippen molar-refractivity contribution in [2.45, 2.75) is 83.0 Å². The van der Waals surface area contributed by atoms with Gasteiger partial charge in [-0.2, -0.15) is 0 Å². The standard InChI is InChI=1S/C16H31NO4/c1-2-3-4-5-6-7-8-9-15(19)17-12-14-16(20)13(18)10-11-21-14/h13-14,16,18,20H,2-12H2,1H3,(H,17,19)/t13-,14+,16-/m0/s1. The molecule has 1 aliphatic rings. The van der Waals surface area contributed by atoms with Crippen molar-refractivity contribution in [1.29, 1.82) is 0 Å². The zero-order chi connectivity index (χ0) is 15.5. The van der Waals surface area contributed by atoms with Crippen molar-refractivity contribution in [2.24, 2.45) is 0 Å². The minimum atomic E-state index is -0.905. The van der Waals surface area contributed by atoms with Gasteiger partial charge in [-0.25, -0.2) is 0 Å². The average molecular weight is 301 g/mol. The van der Waals surface area contributed by atoms with Crippen molar-refractivity contribution in [3.63, 3.8) is 0 Å². The van der Waals surface area contributed by atoms with Gasteiger partial charge in [0, 0.05) is 19.6 Å². The molecule has 0 spiro atoms. The highest BCUT2D eigenvalue weighted by atomic mass is 16.5. The smallest absolute Gasteiger partial charge is 0.220 e. The van der Waals surface area contributed by atoms with E-state index in [4.69, 9.17) is 4.74 Å². The number of carbonyl (C=O) groups is 1. The average Bonchev–Trinajstić information content (AvgIpc) is 2.48. The van der Waals surface area contributed by atoms with Gasteiger partial charge in [-0.15, -0.1) is 0 Å². The molecule has 0 unspecified atom stereocenters. The molecule has 3 atom stereocenters. The van der Waals surface area contributed by atoms with E-state index >= 15 is 0 Å². The molecule has 1 rings (SSSR count). The zero-order valence-electron chi connectivity index (χ0n) is 13.2. The topological polar surface area (TPSA) is 78.8 Å². The molecule has 5 nitrogen and oxygen atoms in total. The molecular formula is C16H31NO4. The maximum Gasteiger partial charge on any atom is 0.220 e. The maximum atomic E-state index is 11.7. The van der Waals surface area contributed by atoms with Crippen LogP contribution in [0.2, 0.25) is 0 Å². The highest BCUT2D eigenvalue weighted by Gasteiger charge is 2.31. The van der Waals surface area contributed by atoms with Crippen molar-refractivity contribution in [2.75, 3.05) is 13.2 Å². The quantitative estimate of drug-likeness (QED) is 0.537. The summed E-state index contributed by atoms with van der Waals surface area (Å²) in [5.74, 6) is -0.000536. The summed E-state index contributed by atoms with van der Waals surface area (Å²) in [7, 11) is 0. The highest BCUT2D eigenvalue weighted by Crippen LogP contribution is 2.14. The molecule has 21 heavy (non-hydrogen) atoms. The predicted octanol–water partition coefficient (Wildman–Crippen LogP) is 1.75. The molecule has 1 fully saturated rings. The third-order valence-corrected chi connectivity index (χ3v) is 4.03. The van der Waals surface area contributed by atoms with E-state index in [2.05, 4.69) is 12.2 Å². The Bertz CT molecular complexity index is 285. The molecule has 0 aromatic heterocycles. The zero-order valence-corrected chi connectivity index (χ0v) is 13.2. The second-order valence-electron chi connectivity index (χ2n) is 5.93. The molecule has 0 radical (unpaired) electrons. The third kappa shape index (κ3) is 7.79. The molecule has 1 aliphatic heterocycles. The van der Waals surface area contributed by atoms with Crippen LogP contribution in [0, 0.1) is 0 Å². The van der Waals surface area contributed by atoms with Gasteiger partial charge in [0.15, 0.2) is 0 Å². The van der Waals surface area contributed by atoms with Crippen LogP contribution in [0.15, 0.2) is 0 Å². The SMILES string of the molecule is CCCCCCCCCC(=O)NC[C@H]1OCC[C@H](O)[C@@H]1O. The van der Waals surface area contributed by atoms with Crippen LogP contribution in [-0.4, -0.2) is 47.6 Å². The maximum absolute atomic E-state index is 11.7. The summed E-state index contributed by atoms with van der Waals surface area (Å²) < 4.78 is 5.37. The Balaban J connectivity index is 2.01. The lowest BCUT2D eigenvalue weighted by Crippen LogP contribution is -2.49. The van der Waals surface area contributed by atoms with Gasteiger partial charge in [0.2, 0.25) is 5.91 Å². The Hall–Kier alpha value is -0.650. The molecule has 0 aromatic rings. The van der Waals surface area contributed by atoms with E-state index in [1.54, 1.807) is 0 Å². The number of unbranched alkanes of at least 4 members (excludes halogenated alkanes) is 6. The van der Waals surface area contributed by atoms with E-state index < -0.39 is 18.3 Å². The van der Waals surface area contributed by atoms with Crippen LogP contribution in [-0.2, 0) is 9.53 Å². The first-order valence-corrected chi connectivity index (χ1v) is 8.39. The van der Waals surface area contributed by atoms with E-state index in [-0.39, 0.29) is 12.5 Å². The van der Waals surface area contributed by atoms with E-state index in [1.165, 1.54) is 32.1 Å². The molecule has 0 aromatic carbocycles. The van der Waals surface area contributed by atoms with Gasteiger partial charge >= 0.3 is 0 Å². The van der Waals surface area contributed by atoms with Crippen molar-refractivity contribution in [1.82, 2.24) is 5.32 Å². The summed E-state index contributed by atoms with van der Waals surface area (Å²) in [6.07, 6.45) is 7.15. The van der Waals surface area contributed by atoms with E-state index in [0.29, 0.717) is 19.4 Å². The molecule has 0 bridgehead atoms. The Labute approximate surface area is 128 Å².